The maximum Gasteiger partial charge on any atom is 0.414 e. The van der Waals surface area contributed by atoms with Gasteiger partial charge >= 0.3 is 6.09 Å². The third-order valence-electron chi connectivity index (χ3n) is 3.83. The molecule has 4 heteroatoms. The summed E-state index contributed by atoms with van der Waals surface area (Å²) >= 11 is 0. The van der Waals surface area contributed by atoms with Crippen molar-refractivity contribution < 1.29 is 9.53 Å². The van der Waals surface area contributed by atoms with Gasteiger partial charge < -0.3 is 15.0 Å². The van der Waals surface area contributed by atoms with Gasteiger partial charge in [0.1, 0.15) is 5.75 Å². The fraction of sp³-hybridized carbons (Fsp3) is 0.562. The molecule has 1 atom stereocenters. The van der Waals surface area contributed by atoms with Crippen LogP contribution in [0.15, 0.2) is 18.2 Å². The van der Waals surface area contributed by atoms with Gasteiger partial charge in [-0.05, 0) is 56.0 Å². The number of benzene rings is 1. The molecule has 0 heterocycles. The summed E-state index contributed by atoms with van der Waals surface area (Å²) in [6, 6.07) is 6.38. The molecule has 1 aliphatic rings. The predicted molar refractivity (Wildman–Crippen MR) is 80.1 cm³/mol. The molecule has 0 saturated heterocycles. The van der Waals surface area contributed by atoms with Crippen LogP contribution in [0.1, 0.15) is 43.9 Å². The summed E-state index contributed by atoms with van der Waals surface area (Å²) in [6.45, 7) is 5.76. The summed E-state index contributed by atoms with van der Waals surface area (Å²) in [4.78, 5) is 13.3. The van der Waals surface area contributed by atoms with E-state index in [4.69, 9.17) is 4.74 Å². The molecule has 0 fully saturated rings. The van der Waals surface area contributed by atoms with E-state index in [0.717, 1.165) is 25.8 Å². The van der Waals surface area contributed by atoms with Crippen molar-refractivity contribution >= 4 is 6.09 Å². The van der Waals surface area contributed by atoms with Crippen molar-refractivity contribution in [2.45, 2.75) is 39.2 Å². The zero-order chi connectivity index (χ0) is 14.5. The first kappa shape index (κ1) is 14.9. The van der Waals surface area contributed by atoms with Crippen molar-refractivity contribution in [3.63, 3.8) is 0 Å². The van der Waals surface area contributed by atoms with Crippen LogP contribution < -0.4 is 10.1 Å². The molecule has 0 spiro atoms. The van der Waals surface area contributed by atoms with E-state index in [2.05, 4.69) is 18.3 Å². The van der Waals surface area contributed by atoms with Gasteiger partial charge in [0.05, 0.1) is 0 Å². The molecular weight excluding hydrogens is 252 g/mol. The average Bonchev–Trinajstić information content (AvgIpc) is 2.86. The average molecular weight is 276 g/mol. The number of rotatable bonds is 5. The Morgan fingerprint density at radius 3 is 2.95 bits per heavy atom. The van der Waals surface area contributed by atoms with Crippen LogP contribution in [0.4, 0.5) is 4.79 Å². The number of aryl methyl sites for hydroxylation is 1. The van der Waals surface area contributed by atoms with Gasteiger partial charge in [0.15, 0.2) is 0 Å². The SMILES string of the molecule is CCCNC1CCc2ccc(OC(=O)N(C)CC)cc21. The standard InChI is InChI=1S/C16H24N2O2/c1-4-10-17-15-9-7-12-6-8-13(11-14(12)15)20-16(19)18(3)5-2/h6,8,11,15,17H,4-5,7,9-10H2,1-3H3. The summed E-state index contributed by atoms with van der Waals surface area (Å²) in [5.41, 5.74) is 2.64. The van der Waals surface area contributed by atoms with E-state index >= 15 is 0 Å². The molecule has 1 aromatic carbocycles. The van der Waals surface area contributed by atoms with Gasteiger partial charge in [0.25, 0.3) is 0 Å². The Hall–Kier alpha value is -1.55. The number of nitrogens with one attached hydrogen (secondary N) is 1. The van der Waals surface area contributed by atoms with Crippen LogP contribution in [0.5, 0.6) is 5.75 Å². The first-order valence-electron chi connectivity index (χ1n) is 7.44. The number of carbonyl (C=O) groups excluding carboxylic acids is 1. The molecular formula is C16H24N2O2. The molecule has 1 N–H and O–H groups in total. The summed E-state index contributed by atoms with van der Waals surface area (Å²) in [5.74, 6) is 0.638. The molecule has 1 amide bonds. The highest BCUT2D eigenvalue weighted by molar-refractivity contribution is 5.70. The third-order valence-corrected chi connectivity index (χ3v) is 3.83. The molecule has 110 valence electrons. The van der Waals surface area contributed by atoms with E-state index in [9.17, 15) is 4.79 Å². The van der Waals surface area contributed by atoms with Crippen molar-refractivity contribution in [3.05, 3.63) is 29.3 Å². The molecule has 1 aliphatic carbocycles. The van der Waals surface area contributed by atoms with Gasteiger partial charge in [0.2, 0.25) is 0 Å². The molecule has 1 unspecified atom stereocenters. The van der Waals surface area contributed by atoms with Gasteiger partial charge in [-0.3, -0.25) is 0 Å². The first-order chi connectivity index (χ1) is 9.65. The third kappa shape index (κ3) is 3.31. The van der Waals surface area contributed by atoms with Crippen LogP contribution in [-0.2, 0) is 6.42 Å². The highest BCUT2D eigenvalue weighted by Crippen LogP contribution is 2.33. The quantitative estimate of drug-likeness (QED) is 0.898. The van der Waals surface area contributed by atoms with E-state index in [1.54, 1.807) is 11.9 Å². The minimum Gasteiger partial charge on any atom is -0.410 e. The Bertz CT molecular complexity index is 474. The maximum atomic E-state index is 11.8. The number of carbonyl (C=O) groups is 1. The van der Waals surface area contributed by atoms with Gasteiger partial charge in [-0.25, -0.2) is 4.79 Å². The summed E-state index contributed by atoms with van der Waals surface area (Å²) in [7, 11) is 1.74. The van der Waals surface area contributed by atoms with Crippen LogP contribution in [0, 0.1) is 0 Å². The molecule has 1 aromatic rings. The molecule has 20 heavy (non-hydrogen) atoms. The number of amides is 1. The number of hydrogen-bond donors (Lipinski definition) is 1. The van der Waals surface area contributed by atoms with E-state index in [1.807, 2.05) is 19.1 Å². The highest BCUT2D eigenvalue weighted by atomic mass is 16.6. The molecule has 0 saturated carbocycles. The molecule has 0 radical (unpaired) electrons. The summed E-state index contributed by atoms with van der Waals surface area (Å²) < 4.78 is 5.40. The van der Waals surface area contributed by atoms with Crippen LogP contribution in [-0.4, -0.2) is 31.1 Å². The fourth-order valence-corrected chi connectivity index (χ4v) is 2.48. The number of fused-ring (bicyclic) bond motifs is 1. The lowest BCUT2D eigenvalue weighted by Crippen LogP contribution is -2.29. The van der Waals surface area contributed by atoms with Crippen LogP contribution in [0.3, 0.4) is 0 Å². The Morgan fingerprint density at radius 1 is 1.45 bits per heavy atom. The summed E-state index contributed by atoms with van der Waals surface area (Å²) in [5, 5.41) is 3.55. The Kier molecular flexibility index (Phi) is 5.01. The fourth-order valence-electron chi connectivity index (χ4n) is 2.48. The van der Waals surface area contributed by atoms with E-state index in [0.29, 0.717) is 18.3 Å². The van der Waals surface area contributed by atoms with Gasteiger partial charge in [-0.2, -0.15) is 0 Å². The maximum absolute atomic E-state index is 11.8. The zero-order valence-corrected chi connectivity index (χ0v) is 12.6. The Balaban J connectivity index is 2.08. The van der Waals surface area contributed by atoms with Gasteiger partial charge in [0, 0.05) is 19.6 Å². The molecule has 0 aliphatic heterocycles. The first-order valence-corrected chi connectivity index (χ1v) is 7.44. The Labute approximate surface area is 121 Å². The van der Waals surface area contributed by atoms with E-state index < -0.39 is 0 Å². The monoisotopic (exact) mass is 276 g/mol. The zero-order valence-electron chi connectivity index (χ0n) is 12.6. The van der Waals surface area contributed by atoms with Crippen molar-refractivity contribution in [1.82, 2.24) is 10.2 Å². The van der Waals surface area contributed by atoms with Crippen molar-refractivity contribution in [3.8, 4) is 5.75 Å². The molecule has 4 nitrogen and oxygen atoms in total. The lowest BCUT2D eigenvalue weighted by atomic mass is 10.1. The molecule has 0 aromatic heterocycles. The largest absolute Gasteiger partial charge is 0.414 e. The smallest absolute Gasteiger partial charge is 0.410 e. The highest BCUT2D eigenvalue weighted by Gasteiger charge is 2.22. The van der Waals surface area contributed by atoms with Crippen LogP contribution in [0.25, 0.3) is 0 Å². The number of hydrogen-bond acceptors (Lipinski definition) is 3. The normalized spacial score (nSPS) is 16.9. The lowest BCUT2D eigenvalue weighted by Gasteiger charge is -2.16. The lowest BCUT2D eigenvalue weighted by molar-refractivity contribution is 0.165. The minimum absolute atomic E-state index is 0.302. The minimum atomic E-state index is -0.302. The van der Waals surface area contributed by atoms with Crippen LogP contribution >= 0.6 is 0 Å². The number of ether oxygens (including phenoxy) is 1. The predicted octanol–water partition coefficient (Wildman–Crippen LogP) is 3.12. The van der Waals surface area contributed by atoms with Crippen molar-refractivity contribution in [1.29, 1.82) is 0 Å². The van der Waals surface area contributed by atoms with Crippen molar-refractivity contribution in [2.24, 2.45) is 0 Å². The second-order valence-electron chi connectivity index (χ2n) is 5.29. The van der Waals surface area contributed by atoms with Gasteiger partial charge in [-0.1, -0.05) is 13.0 Å². The number of nitrogens with zero attached hydrogens (tertiary/aromatic N) is 1. The Morgan fingerprint density at radius 2 is 2.25 bits per heavy atom. The van der Waals surface area contributed by atoms with E-state index in [1.165, 1.54) is 11.1 Å². The second kappa shape index (κ2) is 6.75. The van der Waals surface area contributed by atoms with Gasteiger partial charge in [-0.15, -0.1) is 0 Å². The summed E-state index contributed by atoms with van der Waals surface area (Å²) in [6.07, 6.45) is 3.05. The van der Waals surface area contributed by atoms with Crippen LogP contribution in [0.2, 0.25) is 0 Å². The van der Waals surface area contributed by atoms with E-state index in [-0.39, 0.29) is 6.09 Å². The molecule has 2 rings (SSSR count). The second-order valence-corrected chi connectivity index (χ2v) is 5.29. The van der Waals surface area contributed by atoms with Crippen molar-refractivity contribution in [2.75, 3.05) is 20.1 Å². The molecule has 0 bridgehead atoms. The topological polar surface area (TPSA) is 41.6 Å².